The van der Waals surface area contributed by atoms with Crippen LogP contribution in [0.15, 0.2) is 34.8 Å². The lowest BCUT2D eigenvalue weighted by Gasteiger charge is -2.20. The minimum absolute atomic E-state index is 0.0374. The summed E-state index contributed by atoms with van der Waals surface area (Å²) in [5, 5.41) is 4.80. The Balaban J connectivity index is 2.52. The van der Waals surface area contributed by atoms with Gasteiger partial charge >= 0.3 is 0 Å². The van der Waals surface area contributed by atoms with E-state index in [1.807, 2.05) is 31.3 Å². The summed E-state index contributed by atoms with van der Waals surface area (Å²) in [4.78, 5) is 0. The van der Waals surface area contributed by atoms with Crippen LogP contribution < -0.4 is 5.32 Å². The molecular weight excluding hydrogens is 357 g/mol. The van der Waals surface area contributed by atoms with E-state index in [4.69, 9.17) is 23.2 Å². The summed E-state index contributed by atoms with van der Waals surface area (Å²) < 4.78 is 0.886. The number of halogens is 3. The summed E-state index contributed by atoms with van der Waals surface area (Å²) in [6.45, 7) is 4.16. The topological polar surface area (TPSA) is 12.0 Å². The van der Waals surface area contributed by atoms with Gasteiger partial charge in [0.1, 0.15) is 0 Å². The third kappa shape index (κ3) is 3.20. The van der Waals surface area contributed by atoms with E-state index in [0.717, 1.165) is 20.6 Å². The van der Waals surface area contributed by atoms with Crippen molar-refractivity contribution >= 4 is 39.1 Å². The molecule has 0 saturated heterocycles. The molecule has 2 aromatic rings. The first-order chi connectivity index (χ1) is 9.43. The molecule has 106 valence electrons. The maximum Gasteiger partial charge on any atom is 0.0589 e. The van der Waals surface area contributed by atoms with Crippen LogP contribution in [0, 0.1) is 13.8 Å². The van der Waals surface area contributed by atoms with E-state index in [0.29, 0.717) is 5.02 Å². The van der Waals surface area contributed by atoms with Crippen LogP contribution in [0.3, 0.4) is 0 Å². The second-order valence-corrected chi connectivity index (χ2v) is 6.52. The van der Waals surface area contributed by atoms with Gasteiger partial charge in [0.05, 0.1) is 11.1 Å². The summed E-state index contributed by atoms with van der Waals surface area (Å²) in [5.74, 6) is 0. The Morgan fingerprint density at radius 1 is 1.00 bits per heavy atom. The van der Waals surface area contributed by atoms with Crippen molar-refractivity contribution in [3.63, 3.8) is 0 Å². The fourth-order valence-electron chi connectivity index (χ4n) is 2.22. The maximum absolute atomic E-state index is 6.42. The lowest BCUT2D eigenvalue weighted by atomic mass is 9.95. The normalized spacial score (nSPS) is 12.5. The predicted octanol–water partition coefficient (Wildman–Crippen LogP) is 5.68. The van der Waals surface area contributed by atoms with Crippen LogP contribution in [0.2, 0.25) is 10.0 Å². The molecule has 2 aromatic carbocycles. The van der Waals surface area contributed by atoms with Gasteiger partial charge in [0.2, 0.25) is 0 Å². The summed E-state index contributed by atoms with van der Waals surface area (Å²) in [6, 6.07) is 10.1. The molecule has 0 amide bonds. The largest absolute Gasteiger partial charge is 0.309 e. The van der Waals surface area contributed by atoms with E-state index in [2.05, 4.69) is 41.2 Å². The van der Waals surface area contributed by atoms with Gasteiger partial charge in [-0.1, -0.05) is 35.3 Å². The van der Waals surface area contributed by atoms with Gasteiger partial charge in [0.25, 0.3) is 0 Å². The molecule has 20 heavy (non-hydrogen) atoms. The molecule has 1 atom stereocenters. The number of hydrogen-bond acceptors (Lipinski definition) is 1. The average molecular weight is 373 g/mol. The Morgan fingerprint density at radius 2 is 1.65 bits per heavy atom. The molecule has 0 bridgehead atoms. The molecule has 0 aliphatic rings. The van der Waals surface area contributed by atoms with Crippen LogP contribution in [0.5, 0.6) is 0 Å². The molecule has 0 heterocycles. The maximum atomic E-state index is 6.42. The third-order valence-corrected chi connectivity index (χ3v) is 5.03. The summed E-state index contributed by atoms with van der Waals surface area (Å²) in [7, 11) is 1.93. The molecule has 0 radical (unpaired) electrons. The highest BCUT2D eigenvalue weighted by molar-refractivity contribution is 9.10. The Bertz CT molecular complexity index is 641. The quantitative estimate of drug-likeness (QED) is 0.730. The van der Waals surface area contributed by atoms with Gasteiger partial charge in [-0.15, -0.1) is 0 Å². The molecule has 0 spiro atoms. The van der Waals surface area contributed by atoms with Gasteiger partial charge in [-0.3, -0.25) is 0 Å². The van der Waals surface area contributed by atoms with Gasteiger partial charge < -0.3 is 5.32 Å². The first kappa shape index (κ1) is 15.8. The molecule has 0 fully saturated rings. The molecule has 1 N–H and O–H groups in total. The number of hydrogen-bond donors (Lipinski definition) is 1. The van der Waals surface area contributed by atoms with Crippen LogP contribution in [0.1, 0.15) is 28.3 Å². The second kappa shape index (κ2) is 6.48. The van der Waals surface area contributed by atoms with Crippen molar-refractivity contribution in [2.75, 3.05) is 7.05 Å². The highest BCUT2D eigenvalue weighted by atomic mass is 79.9. The predicted molar refractivity (Wildman–Crippen MR) is 91.0 cm³/mol. The molecule has 1 unspecified atom stereocenters. The Hall–Kier alpha value is -0.540. The molecular formula is C16H16BrCl2N. The van der Waals surface area contributed by atoms with Crippen molar-refractivity contribution in [1.82, 2.24) is 5.32 Å². The number of nitrogens with one attached hydrogen (secondary N) is 1. The highest BCUT2D eigenvalue weighted by Crippen LogP contribution is 2.33. The lowest BCUT2D eigenvalue weighted by Crippen LogP contribution is -2.18. The van der Waals surface area contributed by atoms with E-state index >= 15 is 0 Å². The molecule has 0 saturated carbocycles. The van der Waals surface area contributed by atoms with Crippen molar-refractivity contribution in [2.24, 2.45) is 0 Å². The average Bonchev–Trinajstić information content (AvgIpc) is 2.40. The van der Waals surface area contributed by atoms with Gasteiger partial charge in [0.15, 0.2) is 0 Å². The smallest absolute Gasteiger partial charge is 0.0589 e. The number of rotatable bonds is 3. The van der Waals surface area contributed by atoms with Crippen molar-refractivity contribution in [3.8, 4) is 0 Å². The standard InChI is InChI=1S/C16H16BrCl2N/c1-9-6-12(15(19)7-10(9)2)16(20-3)11-4-5-14(18)13(17)8-11/h4-8,16,20H,1-3H3. The zero-order chi connectivity index (χ0) is 14.9. The first-order valence-electron chi connectivity index (χ1n) is 6.33. The molecule has 1 nitrogen and oxygen atoms in total. The Morgan fingerprint density at radius 3 is 2.25 bits per heavy atom. The van der Waals surface area contributed by atoms with Crippen LogP contribution in [0.25, 0.3) is 0 Å². The van der Waals surface area contributed by atoms with Crippen LogP contribution in [-0.4, -0.2) is 7.05 Å². The fraction of sp³-hybridized carbons (Fsp3) is 0.250. The Kier molecular flexibility index (Phi) is 5.14. The van der Waals surface area contributed by atoms with Gasteiger partial charge in [0, 0.05) is 9.50 Å². The van der Waals surface area contributed by atoms with Crippen molar-refractivity contribution < 1.29 is 0 Å². The van der Waals surface area contributed by atoms with E-state index in [-0.39, 0.29) is 6.04 Å². The Labute approximate surface area is 138 Å². The minimum Gasteiger partial charge on any atom is -0.309 e. The molecule has 0 aromatic heterocycles. The summed E-state index contributed by atoms with van der Waals surface area (Å²) >= 11 is 15.9. The zero-order valence-corrected chi connectivity index (χ0v) is 14.7. The van der Waals surface area contributed by atoms with Gasteiger partial charge in [-0.25, -0.2) is 0 Å². The van der Waals surface area contributed by atoms with Crippen LogP contribution >= 0.6 is 39.1 Å². The van der Waals surface area contributed by atoms with Crippen molar-refractivity contribution in [3.05, 3.63) is 67.1 Å². The van der Waals surface area contributed by atoms with E-state index in [1.54, 1.807) is 0 Å². The molecule has 4 heteroatoms. The monoisotopic (exact) mass is 371 g/mol. The van der Waals surface area contributed by atoms with E-state index in [9.17, 15) is 0 Å². The molecule has 2 rings (SSSR count). The highest BCUT2D eigenvalue weighted by Gasteiger charge is 2.17. The molecule has 0 aliphatic heterocycles. The minimum atomic E-state index is 0.0374. The lowest BCUT2D eigenvalue weighted by molar-refractivity contribution is 0.691. The summed E-state index contributed by atoms with van der Waals surface area (Å²) in [5.41, 5.74) is 4.63. The van der Waals surface area contributed by atoms with E-state index < -0.39 is 0 Å². The summed E-state index contributed by atoms with van der Waals surface area (Å²) in [6.07, 6.45) is 0. The van der Waals surface area contributed by atoms with E-state index in [1.165, 1.54) is 11.1 Å². The van der Waals surface area contributed by atoms with Crippen molar-refractivity contribution in [2.45, 2.75) is 19.9 Å². The van der Waals surface area contributed by atoms with Gasteiger partial charge in [-0.05, 0) is 77.3 Å². The van der Waals surface area contributed by atoms with Crippen LogP contribution in [-0.2, 0) is 0 Å². The zero-order valence-electron chi connectivity index (χ0n) is 11.6. The number of aryl methyl sites for hydroxylation is 2. The number of benzene rings is 2. The first-order valence-corrected chi connectivity index (χ1v) is 7.87. The van der Waals surface area contributed by atoms with Crippen LogP contribution in [0.4, 0.5) is 0 Å². The molecule has 0 aliphatic carbocycles. The van der Waals surface area contributed by atoms with Crippen molar-refractivity contribution in [1.29, 1.82) is 0 Å². The SMILES string of the molecule is CNC(c1ccc(Cl)c(Br)c1)c1cc(C)c(C)cc1Cl. The third-order valence-electron chi connectivity index (χ3n) is 3.49. The second-order valence-electron chi connectivity index (χ2n) is 4.85. The fourth-order valence-corrected chi connectivity index (χ4v) is 3.06. The van der Waals surface area contributed by atoms with Gasteiger partial charge in [-0.2, -0.15) is 0 Å².